The van der Waals surface area contributed by atoms with E-state index in [1.807, 2.05) is 19.0 Å². The Hall–Kier alpha value is -4.05. The summed E-state index contributed by atoms with van der Waals surface area (Å²) < 4.78 is 53.4. The minimum Gasteiger partial charge on any atom is -0.507 e. The van der Waals surface area contributed by atoms with Crippen molar-refractivity contribution in [2.75, 3.05) is 20.7 Å². The summed E-state index contributed by atoms with van der Waals surface area (Å²) in [6.07, 6.45) is -1.37. The van der Waals surface area contributed by atoms with Crippen molar-refractivity contribution < 1.29 is 32.5 Å². The third-order valence-corrected chi connectivity index (χ3v) is 6.17. The number of aryl methyl sites for hydroxylation is 1. The number of pyridine rings is 1. The first kappa shape index (κ1) is 27.0. The van der Waals surface area contributed by atoms with E-state index in [9.17, 15) is 23.1 Å². The van der Waals surface area contributed by atoms with Gasteiger partial charge in [-0.15, -0.1) is 0 Å². The van der Waals surface area contributed by atoms with Gasteiger partial charge in [-0.1, -0.05) is 18.2 Å². The molecule has 0 bridgehead atoms. The summed E-state index contributed by atoms with van der Waals surface area (Å²) in [4.78, 5) is 19.3. The molecule has 0 amide bonds. The first-order valence-corrected chi connectivity index (χ1v) is 11.9. The van der Waals surface area contributed by atoms with E-state index in [-0.39, 0.29) is 36.8 Å². The number of hydrogen-bond donors (Lipinski definition) is 1. The molecule has 1 N–H and O–H groups in total. The Morgan fingerprint density at radius 1 is 1.16 bits per heavy atom. The zero-order valence-electron chi connectivity index (χ0n) is 21.5. The van der Waals surface area contributed by atoms with Crippen LogP contribution in [0.15, 0.2) is 54.9 Å². The van der Waals surface area contributed by atoms with Gasteiger partial charge in [-0.05, 0) is 45.3 Å². The van der Waals surface area contributed by atoms with E-state index in [2.05, 4.69) is 4.98 Å². The van der Waals surface area contributed by atoms with Crippen molar-refractivity contribution in [2.45, 2.75) is 26.3 Å². The van der Waals surface area contributed by atoms with Crippen molar-refractivity contribution in [1.29, 1.82) is 0 Å². The van der Waals surface area contributed by atoms with E-state index in [1.54, 1.807) is 49.1 Å². The van der Waals surface area contributed by atoms with Crippen LogP contribution in [-0.4, -0.2) is 46.2 Å². The summed E-state index contributed by atoms with van der Waals surface area (Å²) in [6, 6.07) is 10.2. The molecule has 7 nitrogen and oxygen atoms in total. The maximum atomic E-state index is 13.6. The summed E-state index contributed by atoms with van der Waals surface area (Å²) in [7, 11) is 5.35. The topological polar surface area (TPSA) is 76.8 Å². The summed E-state index contributed by atoms with van der Waals surface area (Å²) in [5, 5.41) is 11.8. The number of carbonyl (C=O) groups excluding carboxylic acids is 1. The second-order valence-corrected chi connectivity index (χ2v) is 9.01. The smallest absolute Gasteiger partial charge is 0.419 e. The van der Waals surface area contributed by atoms with Gasteiger partial charge in [0, 0.05) is 48.1 Å². The number of fused-ring (bicyclic) bond motifs is 1. The number of phenolic OH excluding ortho intramolecular Hbond substituents is 1. The summed E-state index contributed by atoms with van der Waals surface area (Å²) in [6.45, 7) is 1.70. The predicted octanol–water partition coefficient (Wildman–Crippen LogP) is 5.78. The Kier molecular flexibility index (Phi) is 7.63. The number of halogens is 3. The van der Waals surface area contributed by atoms with Crippen LogP contribution in [0.2, 0.25) is 0 Å². The van der Waals surface area contributed by atoms with Crippen LogP contribution in [0.5, 0.6) is 11.5 Å². The molecule has 10 heteroatoms. The molecule has 4 rings (SSSR count). The van der Waals surface area contributed by atoms with Crippen LogP contribution in [0.3, 0.4) is 0 Å². The van der Waals surface area contributed by atoms with Crippen LogP contribution in [0.4, 0.5) is 13.2 Å². The minimum absolute atomic E-state index is 0.0229. The molecular formula is C28H28F3N3O4. The summed E-state index contributed by atoms with van der Waals surface area (Å²) in [5.74, 6) is -1.04. The van der Waals surface area contributed by atoms with Crippen LogP contribution in [-0.2, 0) is 31.1 Å². The lowest BCUT2D eigenvalue weighted by molar-refractivity contribution is -0.139. The van der Waals surface area contributed by atoms with Crippen molar-refractivity contribution in [3.8, 4) is 22.6 Å². The van der Waals surface area contributed by atoms with Crippen LogP contribution < -0.4 is 4.74 Å². The Morgan fingerprint density at radius 3 is 2.53 bits per heavy atom. The van der Waals surface area contributed by atoms with E-state index in [1.165, 1.54) is 18.2 Å². The van der Waals surface area contributed by atoms with Gasteiger partial charge < -0.3 is 24.0 Å². The van der Waals surface area contributed by atoms with Gasteiger partial charge in [-0.25, -0.2) is 4.79 Å². The zero-order valence-corrected chi connectivity index (χ0v) is 21.5. The fourth-order valence-electron chi connectivity index (χ4n) is 4.49. The third kappa shape index (κ3) is 5.17. The maximum Gasteiger partial charge on any atom is 0.419 e. The molecule has 200 valence electrons. The van der Waals surface area contributed by atoms with Crippen molar-refractivity contribution in [2.24, 2.45) is 7.05 Å². The Balaban J connectivity index is 1.96. The lowest BCUT2D eigenvalue weighted by Gasteiger charge is -2.17. The second-order valence-electron chi connectivity index (χ2n) is 9.01. The highest BCUT2D eigenvalue weighted by atomic mass is 19.4. The number of rotatable bonds is 8. The van der Waals surface area contributed by atoms with Gasteiger partial charge in [0.1, 0.15) is 18.1 Å². The van der Waals surface area contributed by atoms with E-state index in [4.69, 9.17) is 9.47 Å². The molecule has 0 spiro atoms. The fourth-order valence-corrected chi connectivity index (χ4v) is 4.49. The van der Waals surface area contributed by atoms with Crippen molar-refractivity contribution >= 4 is 16.9 Å². The molecule has 2 aromatic carbocycles. The van der Waals surface area contributed by atoms with Crippen molar-refractivity contribution in [3.63, 3.8) is 0 Å². The second kappa shape index (κ2) is 10.7. The molecule has 0 saturated heterocycles. The molecule has 4 aromatic rings. The molecule has 0 radical (unpaired) electrons. The van der Waals surface area contributed by atoms with Crippen LogP contribution in [0.1, 0.15) is 34.1 Å². The molecule has 0 fully saturated rings. The molecule has 0 aliphatic heterocycles. The molecule has 2 heterocycles. The van der Waals surface area contributed by atoms with E-state index >= 15 is 0 Å². The molecule has 0 atom stereocenters. The molecule has 0 unspecified atom stereocenters. The fraction of sp³-hybridized carbons (Fsp3) is 0.286. The lowest BCUT2D eigenvalue weighted by Crippen LogP contribution is -2.14. The predicted molar refractivity (Wildman–Crippen MR) is 137 cm³/mol. The zero-order chi connectivity index (χ0) is 27.6. The number of aromatic hydroxyl groups is 1. The van der Waals surface area contributed by atoms with E-state index < -0.39 is 17.7 Å². The maximum absolute atomic E-state index is 13.6. The number of phenols is 1. The van der Waals surface area contributed by atoms with E-state index in [0.717, 1.165) is 6.07 Å². The number of nitrogens with zero attached hydrogens (tertiary/aromatic N) is 3. The number of aromatic nitrogens is 2. The highest BCUT2D eigenvalue weighted by molar-refractivity contribution is 6.09. The third-order valence-electron chi connectivity index (χ3n) is 6.17. The van der Waals surface area contributed by atoms with E-state index in [0.29, 0.717) is 33.3 Å². The molecule has 38 heavy (non-hydrogen) atoms. The minimum atomic E-state index is -4.61. The van der Waals surface area contributed by atoms with Gasteiger partial charge in [-0.3, -0.25) is 4.98 Å². The highest BCUT2D eigenvalue weighted by Gasteiger charge is 2.34. The lowest BCUT2D eigenvalue weighted by atomic mass is 9.96. The quantitative estimate of drug-likeness (QED) is 0.293. The Morgan fingerprint density at radius 2 is 1.89 bits per heavy atom. The molecule has 0 saturated carbocycles. The summed E-state index contributed by atoms with van der Waals surface area (Å²) >= 11 is 0. The SMILES string of the molecule is CCOC(=O)c1c(COc2ccccc2C(F)(F)F)n(C)c2cc(-c3cccnc3)c(O)c(CN(C)C)c12. The standard InChI is InChI=1S/C28H28F3N3O4/c1-5-37-27(36)25-22(16-38-23-11-7-6-10-20(23)28(29,30)31)34(4)21-13-18(17-9-8-12-32-14-17)26(35)19(24(21)25)15-33(2)3/h6-14,35H,5,15-16H2,1-4H3. The van der Waals surface area contributed by atoms with Crippen LogP contribution >= 0.6 is 0 Å². The number of ether oxygens (including phenoxy) is 2. The van der Waals surface area contributed by atoms with Crippen LogP contribution in [0.25, 0.3) is 22.0 Å². The average Bonchev–Trinajstić information content (AvgIpc) is 3.15. The molecular weight excluding hydrogens is 499 g/mol. The number of benzene rings is 2. The van der Waals surface area contributed by atoms with Gasteiger partial charge in [0.15, 0.2) is 0 Å². The summed E-state index contributed by atoms with van der Waals surface area (Å²) in [5.41, 5.74) is 1.78. The molecule has 0 aliphatic rings. The van der Waals surface area contributed by atoms with Gasteiger partial charge in [0.2, 0.25) is 0 Å². The number of esters is 1. The highest BCUT2D eigenvalue weighted by Crippen LogP contribution is 2.42. The molecule has 2 aromatic heterocycles. The van der Waals surface area contributed by atoms with Gasteiger partial charge in [0.25, 0.3) is 0 Å². The largest absolute Gasteiger partial charge is 0.507 e. The average molecular weight is 528 g/mol. The first-order chi connectivity index (χ1) is 18.0. The number of para-hydroxylation sites is 1. The number of carbonyl (C=O) groups is 1. The first-order valence-electron chi connectivity index (χ1n) is 11.9. The van der Waals surface area contributed by atoms with Crippen molar-refractivity contribution in [3.05, 3.63) is 77.2 Å². The normalized spacial score (nSPS) is 11.8. The van der Waals surface area contributed by atoms with Crippen molar-refractivity contribution in [1.82, 2.24) is 14.5 Å². The Labute approximate surface area is 218 Å². The van der Waals surface area contributed by atoms with Gasteiger partial charge in [0.05, 0.1) is 28.9 Å². The van der Waals surface area contributed by atoms with Crippen LogP contribution in [0, 0.1) is 0 Å². The Bertz CT molecular complexity index is 1460. The number of hydrogen-bond acceptors (Lipinski definition) is 6. The monoisotopic (exact) mass is 527 g/mol. The van der Waals surface area contributed by atoms with Gasteiger partial charge >= 0.3 is 12.1 Å². The van der Waals surface area contributed by atoms with Gasteiger partial charge in [-0.2, -0.15) is 13.2 Å². The molecule has 0 aliphatic carbocycles. The number of alkyl halides is 3.